The standard InChI is InChI=1S/C72H132O6/c1-4-7-10-13-16-19-22-25-28-31-33-34-35-36-37-38-40-41-44-47-50-53-56-59-62-65-71(74)77-68-69(67-76-70(73)64-61-58-55-52-49-46-43-30-27-24-21-18-15-12-9-6-3)78-72(75)66-63-60-57-54-51-48-45-42-39-32-29-26-23-20-17-14-11-8-5-2/h17,20,22,25-26,29,31,33,69H,4-16,18-19,21,23-24,27-28,30,32,34-68H2,1-3H3/b20-17-,25-22-,29-26-,33-31-. The third kappa shape index (κ3) is 64.2. The van der Waals surface area contributed by atoms with Crippen molar-refractivity contribution in [3.63, 3.8) is 0 Å². The number of rotatable bonds is 64. The van der Waals surface area contributed by atoms with Gasteiger partial charge in [-0.05, 0) is 83.5 Å². The molecule has 0 bridgehead atoms. The SMILES string of the molecule is CCCCC/C=C\C/C=C\CCCCCCCCCCCC(=O)OC(COC(=O)CCCCCCCCCCCCCCC/C=C\C/C=C\CCCCCCC)COC(=O)CCCCCCCCCCCCCCCCCC. The van der Waals surface area contributed by atoms with E-state index in [0.29, 0.717) is 19.3 Å². The van der Waals surface area contributed by atoms with Crippen LogP contribution in [0.25, 0.3) is 0 Å². The van der Waals surface area contributed by atoms with Crippen LogP contribution in [0.15, 0.2) is 48.6 Å². The maximum absolute atomic E-state index is 12.9. The molecule has 0 aromatic carbocycles. The molecule has 0 amide bonds. The van der Waals surface area contributed by atoms with Crippen molar-refractivity contribution in [2.75, 3.05) is 13.2 Å². The lowest BCUT2D eigenvalue weighted by Crippen LogP contribution is -2.30. The average Bonchev–Trinajstić information content (AvgIpc) is 3.44. The van der Waals surface area contributed by atoms with Gasteiger partial charge in [-0.15, -0.1) is 0 Å². The average molecular weight is 1090 g/mol. The summed E-state index contributed by atoms with van der Waals surface area (Å²) in [5.74, 6) is -0.849. The zero-order valence-electron chi connectivity index (χ0n) is 52.5. The Morgan fingerprint density at radius 3 is 0.731 bits per heavy atom. The van der Waals surface area contributed by atoms with E-state index in [0.717, 1.165) is 70.6 Å². The second-order valence-electron chi connectivity index (χ2n) is 23.4. The molecule has 78 heavy (non-hydrogen) atoms. The lowest BCUT2D eigenvalue weighted by Gasteiger charge is -2.18. The van der Waals surface area contributed by atoms with Crippen LogP contribution in [0.5, 0.6) is 0 Å². The molecule has 0 aliphatic rings. The highest BCUT2D eigenvalue weighted by atomic mass is 16.6. The van der Waals surface area contributed by atoms with Crippen molar-refractivity contribution in [1.29, 1.82) is 0 Å². The van der Waals surface area contributed by atoms with Crippen LogP contribution in [0.1, 0.15) is 374 Å². The molecule has 0 spiro atoms. The van der Waals surface area contributed by atoms with Gasteiger partial charge in [0.1, 0.15) is 13.2 Å². The van der Waals surface area contributed by atoms with Crippen molar-refractivity contribution in [3.05, 3.63) is 48.6 Å². The van der Waals surface area contributed by atoms with Crippen molar-refractivity contribution in [1.82, 2.24) is 0 Å². The lowest BCUT2D eigenvalue weighted by atomic mass is 10.0. The van der Waals surface area contributed by atoms with E-state index >= 15 is 0 Å². The molecule has 6 nitrogen and oxygen atoms in total. The Balaban J connectivity index is 4.29. The molecule has 0 radical (unpaired) electrons. The third-order valence-corrected chi connectivity index (χ3v) is 15.6. The Hall–Kier alpha value is -2.63. The second kappa shape index (κ2) is 66.9. The van der Waals surface area contributed by atoms with Gasteiger partial charge in [0.2, 0.25) is 0 Å². The minimum absolute atomic E-state index is 0.0703. The maximum Gasteiger partial charge on any atom is 0.306 e. The summed E-state index contributed by atoms with van der Waals surface area (Å²) in [5.41, 5.74) is 0. The summed E-state index contributed by atoms with van der Waals surface area (Å²) in [7, 11) is 0. The van der Waals surface area contributed by atoms with Gasteiger partial charge >= 0.3 is 17.9 Å². The van der Waals surface area contributed by atoms with E-state index in [1.807, 2.05) is 0 Å². The second-order valence-corrected chi connectivity index (χ2v) is 23.4. The summed E-state index contributed by atoms with van der Waals surface area (Å²) < 4.78 is 17.0. The molecule has 0 heterocycles. The van der Waals surface area contributed by atoms with Crippen LogP contribution in [0, 0.1) is 0 Å². The molecule has 1 atom stereocenters. The number of carbonyl (C=O) groups excluding carboxylic acids is 3. The predicted octanol–water partition coefficient (Wildman–Crippen LogP) is 23.7. The van der Waals surface area contributed by atoms with Gasteiger partial charge in [0.05, 0.1) is 0 Å². The summed E-state index contributed by atoms with van der Waals surface area (Å²) in [6.07, 6.45) is 84.1. The van der Waals surface area contributed by atoms with Crippen molar-refractivity contribution in [2.45, 2.75) is 380 Å². The smallest absolute Gasteiger partial charge is 0.306 e. The first-order chi connectivity index (χ1) is 38.5. The van der Waals surface area contributed by atoms with Gasteiger partial charge in [-0.1, -0.05) is 320 Å². The number of hydrogen-bond acceptors (Lipinski definition) is 6. The van der Waals surface area contributed by atoms with E-state index in [9.17, 15) is 14.4 Å². The molecule has 0 aliphatic carbocycles. The normalized spacial score (nSPS) is 12.3. The monoisotopic (exact) mass is 1090 g/mol. The van der Waals surface area contributed by atoms with E-state index in [1.54, 1.807) is 0 Å². The summed E-state index contributed by atoms with van der Waals surface area (Å²) in [6.45, 7) is 6.67. The van der Waals surface area contributed by atoms with Crippen LogP contribution in [0.4, 0.5) is 0 Å². The van der Waals surface area contributed by atoms with Crippen molar-refractivity contribution in [2.24, 2.45) is 0 Å². The molecule has 0 N–H and O–H groups in total. The van der Waals surface area contributed by atoms with E-state index < -0.39 is 6.10 Å². The number of carbonyl (C=O) groups is 3. The van der Waals surface area contributed by atoms with E-state index in [-0.39, 0.29) is 31.1 Å². The molecule has 0 aliphatic heterocycles. The Bertz CT molecular complexity index is 1350. The zero-order chi connectivity index (χ0) is 56.4. The van der Waals surface area contributed by atoms with Crippen LogP contribution >= 0.6 is 0 Å². The number of unbranched alkanes of at least 4 members (excludes halogenated alkanes) is 45. The van der Waals surface area contributed by atoms with E-state index in [1.165, 1.54) is 263 Å². The van der Waals surface area contributed by atoms with Crippen molar-refractivity contribution < 1.29 is 28.6 Å². The van der Waals surface area contributed by atoms with Gasteiger partial charge in [0.15, 0.2) is 6.10 Å². The maximum atomic E-state index is 12.9. The summed E-state index contributed by atoms with van der Waals surface area (Å²) >= 11 is 0. The number of ether oxygens (including phenoxy) is 3. The first-order valence-electron chi connectivity index (χ1n) is 34.6. The summed E-state index contributed by atoms with van der Waals surface area (Å²) in [4.78, 5) is 38.4. The van der Waals surface area contributed by atoms with Crippen LogP contribution in [-0.2, 0) is 28.6 Å². The van der Waals surface area contributed by atoms with Crippen LogP contribution in [0.2, 0.25) is 0 Å². The van der Waals surface area contributed by atoms with Gasteiger partial charge < -0.3 is 14.2 Å². The van der Waals surface area contributed by atoms with Crippen LogP contribution in [0.3, 0.4) is 0 Å². The fourth-order valence-electron chi connectivity index (χ4n) is 10.3. The molecule has 0 aromatic heterocycles. The van der Waals surface area contributed by atoms with Gasteiger partial charge in [-0.2, -0.15) is 0 Å². The minimum atomic E-state index is -0.775. The Morgan fingerprint density at radius 2 is 0.462 bits per heavy atom. The predicted molar refractivity (Wildman–Crippen MR) is 339 cm³/mol. The van der Waals surface area contributed by atoms with Crippen LogP contribution < -0.4 is 0 Å². The quantitative estimate of drug-likeness (QED) is 0.0261. The van der Waals surface area contributed by atoms with Gasteiger partial charge in [0.25, 0.3) is 0 Å². The largest absolute Gasteiger partial charge is 0.462 e. The molecule has 456 valence electrons. The summed E-state index contributed by atoms with van der Waals surface area (Å²) in [5, 5.41) is 0. The molecule has 0 fully saturated rings. The molecule has 0 saturated carbocycles. The van der Waals surface area contributed by atoms with Crippen LogP contribution in [-0.4, -0.2) is 37.2 Å². The number of esters is 3. The van der Waals surface area contributed by atoms with E-state index in [2.05, 4.69) is 69.4 Å². The first-order valence-corrected chi connectivity index (χ1v) is 34.6. The van der Waals surface area contributed by atoms with Gasteiger partial charge in [-0.25, -0.2) is 0 Å². The summed E-state index contributed by atoms with van der Waals surface area (Å²) in [6, 6.07) is 0. The fraction of sp³-hybridized carbons (Fsp3) is 0.847. The van der Waals surface area contributed by atoms with Gasteiger partial charge in [0, 0.05) is 19.3 Å². The third-order valence-electron chi connectivity index (χ3n) is 15.6. The topological polar surface area (TPSA) is 78.9 Å². The highest BCUT2D eigenvalue weighted by Crippen LogP contribution is 2.18. The Kier molecular flexibility index (Phi) is 64.6. The first kappa shape index (κ1) is 75.4. The zero-order valence-corrected chi connectivity index (χ0v) is 52.5. The van der Waals surface area contributed by atoms with E-state index in [4.69, 9.17) is 14.2 Å². The molecule has 6 heteroatoms. The molecular weight excluding hydrogens is 961 g/mol. The molecular formula is C72H132O6. The molecule has 0 saturated heterocycles. The highest BCUT2D eigenvalue weighted by molar-refractivity contribution is 5.71. The minimum Gasteiger partial charge on any atom is -0.462 e. The number of hydrogen-bond donors (Lipinski definition) is 0. The number of allylic oxidation sites excluding steroid dienone is 8. The van der Waals surface area contributed by atoms with Crippen molar-refractivity contribution in [3.8, 4) is 0 Å². The molecule has 1 unspecified atom stereocenters. The highest BCUT2D eigenvalue weighted by Gasteiger charge is 2.19. The van der Waals surface area contributed by atoms with Crippen molar-refractivity contribution >= 4 is 17.9 Å². The Labute approximate surface area is 486 Å². The fourth-order valence-corrected chi connectivity index (χ4v) is 10.3. The Morgan fingerprint density at radius 1 is 0.256 bits per heavy atom. The lowest BCUT2D eigenvalue weighted by molar-refractivity contribution is -0.167. The molecule has 0 rings (SSSR count). The molecule has 0 aromatic rings. The van der Waals surface area contributed by atoms with Gasteiger partial charge in [-0.3, -0.25) is 14.4 Å².